The molecule has 6 heteroatoms. The summed E-state index contributed by atoms with van der Waals surface area (Å²) in [4.78, 5) is 20.1. The van der Waals surface area contributed by atoms with Crippen LogP contribution in [0, 0.1) is 5.92 Å². The summed E-state index contributed by atoms with van der Waals surface area (Å²) in [6.07, 6.45) is 2.25. The Kier molecular flexibility index (Phi) is 3.72. The molecule has 1 unspecified atom stereocenters. The molecule has 1 aliphatic carbocycles. The largest absolute Gasteiger partial charge is 0.310 e. The number of carbonyl (C=O) groups excluding carboxylic acids is 1. The molecule has 2 aromatic rings. The number of anilines is 1. The van der Waals surface area contributed by atoms with Crippen LogP contribution < -0.4 is 5.32 Å². The number of hydrogen-bond acceptors (Lipinski definition) is 3. The second kappa shape index (κ2) is 5.50. The predicted molar refractivity (Wildman–Crippen MR) is 80.7 cm³/mol. The maximum absolute atomic E-state index is 12.1. The van der Waals surface area contributed by atoms with Crippen LogP contribution >= 0.6 is 27.5 Å². The molecule has 0 spiro atoms. The Balaban J connectivity index is 1.66. The van der Waals surface area contributed by atoms with E-state index in [2.05, 4.69) is 31.2 Å². The molecule has 0 saturated heterocycles. The van der Waals surface area contributed by atoms with Crippen LogP contribution in [0.5, 0.6) is 0 Å². The van der Waals surface area contributed by atoms with Gasteiger partial charge < -0.3 is 5.32 Å². The molecule has 3 rings (SSSR count). The Hall–Kier alpha value is -1.46. The summed E-state index contributed by atoms with van der Waals surface area (Å²) in [6.45, 7) is 0. The third kappa shape index (κ3) is 2.99. The fourth-order valence-corrected chi connectivity index (χ4v) is 2.72. The number of hydrogen-bond donors (Lipinski definition) is 1. The Morgan fingerprint density at radius 1 is 1.35 bits per heavy atom. The zero-order chi connectivity index (χ0) is 14.1. The molecule has 1 aliphatic rings. The summed E-state index contributed by atoms with van der Waals surface area (Å²) in [7, 11) is 0. The second-order valence-corrected chi connectivity index (χ2v) is 5.97. The summed E-state index contributed by atoms with van der Waals surface area (Å²) in [5.41, 5.74) is 1.11. The van der Waals surface area contributed by atoms with Crippen LogP contribution in [0.3, 0.4) is 0 Å². The van der Waals surface area contributed by atoms with Gasteiger partial charge in [0.2, 0.25) is 5.91 Å². The average Bonchev–Trinajstić information content (AvgIpc) is 3.19. The molecule has 0 bridgehead atoms. The van der Waals surface area contributed by atoms with Crippen LogP contribution in [-0.2, 0) is 4.79 Å². The van der Waals surface area contributed by atoms with Crippen molar-refractivity contribution in [3.63, 3.8) is 0 Å². The highest BCUT2D eigenvalue weighted by atomic mass is 79.9. The molecule has 0 radical (unpaired) electrons. The lowest BCUT2D eigenvalue weighted by atomic mass is 10.1. The van der Waals surface area contributed by atoms with Crippen molar-refractivity contribution in [2.45, 2.75) is 12.3 Å². The smallest absolute Gasteiger partial charge is 0.229 e. The highest BCUT2D eigenvalue weighted by Gasteiger charge is 2.44. The van der Waals surface area contributed by atoms with Crippen molar-refractivity contribution in [3.05, 3.63) is 51.8 Å². The van der Waals surface area contributed by atoms with Crippen LogP contribution in [0.2, 0.25) is 5.02 Å². The summed E-state index contributed by atoms with van der Waals surface area (Å²) < 4.78 is 0.644. The van der Waals surface area contributed by atoms with Gasteiger partial charge in [0.1, 0.15) is 16.7 Å². The number of aromatic nitrogens is 2. The SMILES string of the molecule is O=C(Nc1cc(Br)ncn1)[C@H]1CC1c1cccc(Cl)c1. The lowest BCUT2D eigenvalue weighted by Crippen LogP contribution is -2.15. The molecule has 1 fully saturated rings. The normalized spacial score (nSPS) is 20.5. The minimum Gasteiger partial charge on any atom is -0.310 e. The van der Waals surface area contributed by atoms with Gasteiger partial charge in [0.15, 0.2) is 0 Å². The third-order valence-electron chi connectivity index (χ3n) is 3.29. The summed E-state index contributed by atoms with van der Waals surface area (Å²) >= 11 is 9.21. The maximum atomic E-state index is 12.1. The van der Waals surface area contributed by atoms with Gasteiger partial charge in [-0.05, 0) is 46.0 Å². The first-order valence-electron chi connectivity index (χ1n) is 6.17. The number of rotatable bonds is 3. The molecule has 1 heterocycles. The number of carbonyl (C=O) groups is 1. The van der Waals surface area contributed by atoms with Gasteiger partial charge in [0.25, 0.3) is 0 Å². The maximum Gasteiger partial charge on any atom is 0.229 e. The Morgan fingerprint density at radius 2 is 2.20 bits per heavy atom. The van der Waals surface area contributed by atoms with E-state index in [1.165, 1.54) is 6.33 Å². The van der Waals surface area contributed by atoms with Gasteiger partial charge in [-0.15, -0.1) is 0 Å². The fourth-order valence-electron chi connectivity index (χ4n) is 2.21. The van der Waals surface area contributed by atoms with Gasteiger partial charge in [-0.3, -0.25) is 4.79 Å². The number of nitrogens with zero attached hydrogens (tertiary/aromatic N) is 2. The molecule has 0 aliphatic heterocycles. The van der Waals surface area contributed by atoms with Gasteiger partial charge in [-0.2, -0.15) is 0 Å². The van der Waals surface area contributed by atoms with Crippen molar-refractivity contribution in [2.75, 3.05) is 5.32 Å². The van der Waals surface area contributed by atoms with Gasteiger partial charge >= 0.3 is 0 Å². The van der Waals surface area contributed by atoms with E-state index in [9.17, 15) is 4.79 Å². The Bertz CT molecular complexity index is 664. The number of benzene rings is 1. The lowest BCUT2D eigenvalue weighted by molar-refractivity contribution is -0.117. The molecule has 1 aromatic carbocycles. The minimum absolute atomic E-state index is 0.0118. The molecule has 1 N–H and O–H groups in total. The van der Waals surface area contributed by atoms with Crippen molar-refractivity contribution in [1.29, 1.82) is 0 Å². The Labute approximate surface area is 129 Å². The summed E-state index contributed by atoms with van der Waals surface area (Å²) in [5.74, 6) is 0.732. The van der Waals surface area contributed by atoms with Crippen LogP contribution in [0.25, 0.3) is 0 Å². The van der Waals surface area contributed by atoms with Crippen molar-refractivity contribution in [3.8, 4) is 0 Å². The molecule has 102 valence electrons. The molecule has 1 aromatic heterocycles. The second-order valence-electron chi connectivity index (χ2n) is 4.72. The number of halogens is 2. The van der Waals surface area contributed by atoms with Crippen molar-refractivity contribution in [1.82, 2.24) is 9.97 Å². The van der Waals surface area contributed by atoms with Crippen LogP contribution in [0.1, 0.15) is 17.9 Å². The van der Waals surface area contributed by atoms with E-state index in [0.29, 0.717) is 15.4 Å². The first-order valence-corrected chi connectivity index (χ1v) is 7.34. The van der Waals surface area contributed by atoms with E-state index in [1.54, 1.807) is 6.07 Å². The first-order chi connectivity index (χ1) is 9.63. The highest BCUT2D eigenvalue weighted by molar-refractivity contribution is 9.10. The van der Waals surface area contributed by atoms with Crippen molar-refractivity contribution in [2.24, 2.45) is 5.92 Å². The molecule has 4 nitrogen and oxygen atoms in total. The monoisotopic (exact) mass is 351 g/mol. The van der Waals surface area contributed by atoms with Crippen molar-refractivity contribution >= 4 is 39.3 Å². The first kappa shape index (κ1) is 13.5. The van der Waals surface area contributed by atoms with Gasteiger partial charge in [-0.25, -0.2) is 9.97 Å². The molecule has 2 atom stereocenters. The quantitative estimate of drug-likeness (QED) is 0.858. The predicted octanol–water partition coefficient (Wildman–Crippen LogP) is 3.63. The molecular weight excluding hydrogens is 342 g/mol. The Morgan fingerprint density at radius 3 is 2.95 bits per heavy atom. The van der Waals surface area contributed by atoms with Crippen LogP contribution in [0.15, 0.2) is 41.3 Å². The highest BCUT2D eigenvalue weighted by Crippen LogP contribution is 2.48. The van der Waals surface area contributed by atoms with E-state index in [0.717, 1.165) is 12.0 Å². The number of amides is 1. The zero-order valence-corrected chi connectivity index (χ0v) is 12.7. The minimum atomic E-state index is -0.0134. The van der Waals surface area contributed by atoms with Gasteiger partial charge in [0.05, 0.1) is 0 Å². The van der Waals surface area contributed by atoms with Gasteiger partial charge in [-0.1, -0.05) is 23.7 Å². The summed E-state index contributed by atoms with van der Waals surface area (Å²) in [6, 6.07) is 9.34. The standard InChI is InChI=1S/C14H11BrClN3O/c15-12-6-13(18-7-17-12)19-14(20)11-5-10(11)8-2-1-3-9(16)4-8/h1-4,6-7,10-11H,5H2,(H,17,18,19,20)/t10?,11-/m0/s1. The fraction of sp³-hybridized carbons (Fsp3) is 0.214. The van der Waals surface area contributed by atoms with E-state index in [1.807, 2.05) is 24.3 Å². The molecular formula is C14H11BrClN3O. The third-order valence-corrected chi connectivity index (χ3v) is 3.96. The summed E-state index contributed by atoms with van der Waals surface area (Å²) in [5, 5.41) is 3.51. The lowest BCUT2D eigenvalue weighted by Gasteiger charge is -2.04. The molecule has 1 amide bonds. The van der Waals surface area contributed by atoms with Crippen molar-refractivity contribution < 1.29 is 4.79 Å². The molecule has 1 saturated carbocycles. The average molecular weight is 353 g/mol. The number of nitrogens with one attached hydrogen (secondary N) is 1. The van der Waals surface area contributed by atoms with E-state index >= 15 is 0 Å². The van der Waals surface area contributed by atoms with Crippen LogP contribution in [0.4, 0.5) is 5.82 Å². The zero-order valence-electron chi connectivity index (χ0n) is 10.4. The van der Waals surface area contributed by atoms with E-state index in [-0.39, 0.29) is 17.7 Å². The molecule has 20 heavy (non-hydrogen) atoms. The van der Waals surface area contributed by atoms with Crippen LogP contribution in [-0.4, -0.2) is 15.9 Å². The van der Waals surface area contributed by atoms with Gasteiger partial charge in [0, 0.05) is 17.0 Å². The topological polar surface area (TPSA) is 54.9 Å². The van der Waals surface area contributed by atoms with E-state index < -0.39 is 0 Å². The van der Waals surface area contributed by atoms with E-state index in [4.69, 9.17) is 11.6 Å².